The summed E-state index contributed by atoms with van der Waals surface area (Å²) in [6.45, 7) is 1.26. The van der Waals surface area contributed by atoms with E-state index in [1.54, 1.807) is 30.3 Å². The van der Waals surface area contributed by atoms with Gasteiger partial charge in [-0.05, 0) is 19.1 Å². The summed E-state index contributed by atoms with van der Waals surface area (Å²) in [5, 5.41) is 10.9. The summed E-state index contributed by atoms with van der Waals surface area (Å²) in [6.07, 6.45) is -1.17. The van der Waals surface area contributed by atoms with Crippen molar-refractivity contribution in [2.24, 2.45) is 0 Å². The lowest BCUT2D eigenvalue weighted by atomic mass is 10.3. The molecular weight excluding hydrogens is 228 g/mol. The first-order valence-electron chi connectivity index (χ1n) is 4.77. The van der Waals surface area contributed by atoms with Crippen LogP contribution in [0.25, 0.3) is 0 Å². The second-order valence-electron chi connectivity index (χ2n) is 3.08. The predicted octanol–water partition coefficient (Wildman–Crippen LogP) is 1.14. The average Bonchev–Trinajstić information content (AvgIpc) is 2.30. The molecule has 0 aliphatic heterocycles. The van der Waals surface area contributed by atoms with Crippen LogP contribution in [0.1, 0.15) is 6.92 Å². The van der Waals surface area contributed by atoms with Crippen LogP contribution in [-0.4, -0.2) is 23.2 Å². The van der Waals surface area contributed by atoms with Gasteiger partial charge in [-0.2, -0.15) is 10.4 Å². The molecular formula is C10H12N2O5. The number of amides is 2. The summed E-state index contributed by atoms with van der Waals surface area (Å²) in [5.41, 5.74) is 2.45. The predicted molar refractivity (Wildman–Crippen MR) is 57.9 cm³/mol. The third-order valence-corrected chi connectivity index (χ3v) is 1.71. The van der Waals surface area contributed by atoms with Crippen LogP contribution in [0.3, 0.4) is 0 Å². The fourth-order valence-corrected chi connectivity index (χ4v) is 0.853. The van der Waals surface area contributed by atoms with Gasteiger partial charge in [0, 0.05) is 5.69 Å². The molecule has 0 aliphatic carbocycles. The number of carboxylic acids is 1. The highest BCUT2D eigenvalue weighted by atomic mass is 17.3. The van der Waals surface area contributed by atoms with Gasteiger partial charge in [-0.15, -0.1) is 4.99 Å². The molecule has 1 aromatic rings. The van der Waals surface area contributed by atoms with Gasteiger partial charge in [-0.1, -0.05) is 18.2 Å². The van der Waals surface area contributed by atoms with Crippen molar-refractivity contribution in [2.75, 3.05) is 5.32 Å². The van der Waals surface area contributed by atoms with Crippen LogP contribution in [0.2, 0.25) is 0 Å². The Morgan fingerprint density at radius 1 is 1.29 bits per heavy atom. The molecule has 0 radical (unpaired) electrons. The van der Waals surface area contributed by atoms with Gasteiger partial charge in [0.1, 0.15) is 0 Å². The van der Waals surface area contributed by atoms with Gasteiger partial charge in [-0.25, -0.2) is 9.59 Å². The van der Waals surface area contributed by atoms with Crippen LogP contribution >= 0.6 is 0 Å². The van der Waals surface area contributed by atoms with Crippen molar-refractivity contribution in [3.8, 4) is 0 Å². The molecule has 7 nitrogen and oxygen atoms in total. The first-order chi connectivity index (χ1) is 8.09. The van der Waals surface area contributed by atoms with Crippen LogP contribution in [0.5, 0.6) is 0 Å². The van der Waals surface area contributed by atoms with Gasteiger partial charge in [-0.3, -0.25) is 0 Å². The lowest BCUT2D eigenvalue weighted by Gasteiger charge is -2.08. The molecule has 0 spiro atoms. The van der Waals surface area contributed by atoms with Crippen molar-refractivity contribution in [1.29, 1.82) is 0 Å². The lowest BCUT2D eigenvalue weighted by Crippen LogP contribution is -2.32. The SMILES string of the molecule is CC(OONC(=O)Nc1ccccc1)C(=O)O. The zero-order chi connectivity index (χ0) is 12.7. The lowest BCUT2D eigenvalue weighted by molar-refractivity contribution is -0.342. The Bertz CT molecular complexity index is 382. The van der Waals surface area contributed by atoms with E-state index in [1.165, 1.54) is 6.92 Å². The fraction of sp³-hybridized carbons (Fsp3) is 0.200. The number of anilines is 1. The standard InChI is InChI=1S/C10H12N2O5/c1-7(9(13)14)16-17-12-10(15)11-8-5-3-2-4-6-8/h2-7H,1H3,(H,13,14)(H2,11,12,15). The molecule has 0 aliphatic rings. The molecule has 1 aromatic carbocycles. The molecule has 1 atom stereocenters. The number of aliphatic carboxylic acids is 1. The summed E-state index contributed by atoms with van der Waals surface area (Å²) in [4.78, 5) is 30.1. The van der Waals surface area contributed by atoms with E-state index in [2.05, 4.69) is 15.2 Å². The second kappa shape index (κ2) is 6.46. The number of carbonyl (C=O) groups excluding carboxylic acids is 1. The van der Waals surface area contributed by atoms with Crippen molar-refractivity contribution in [2.45, 2.75) is 13.0 Å². The van der Waals surface area contributed by atoms with Gasteiger partial charge in [0.05, 0.1) is 0 Å². The average molecular weight is 240 g/mol. The number of hydrogen-bond acceptors (Lipinski definition) is 4. The maximum Gasteiger partial charge on any atom is 0.345 e. The maximum absolute atomic E-state index is 11.2. The van der Waals surface area contributed by atoms with Crippen molar-refractivity contribution >= 4 is 17.7 Å². The van der Waals surface area contributed by atoms with Crippen LogP contribution < -0.4 is 10.8 Å². The van der Waals surface area contributed by atoms with Crippen molar-refractivity contribution in [1.82, 2.24) is 5.48 Å². The Morgan fingerprint density at radius 3 is 2.53 bits per heavy atom. The molecule has 0 aromatic heterocycles. The second-order valence-corrected chi connectivity index (χ2v) is 3.08. The van der Waals surface area contributed by atoms with Crippen molar-refractivity contribution in [3.63, 3.8) is 0 Å². The Hall–Kier alpha value is -2.12. The van der Waals surface area contributed by atoms with E-state index < -0.39 is 18.1 Å². The number of carboxylic acid groups (broad SMARTS) is 1. The zero-order valence-electron chi connectivity index (χ0n) is 9.04. The van der Waals surface area contributed by atoms with Crippen molar-refractivity contribution in [3.05, 3.63) is 30.3 Å². The highest BCUT2D eigenvalue weighted by Crippen LogP contribution is 2.04. The monoisotopic (exact) mass is 240 g/mol. The number of para-hydroxylation sites is 1. The number of hydrogen-bond donors (Lipinski definition) is 3. The third kappa shape index (κ3) is 4.96. The Kier molecular flexibility index (Phi) is 4.92. The van der Waals surface area contributed by atoms with Crippen LogP contribution in [-0.2, 0) is 14.7 Å². The highest BCUT2D eigenvalue weighted by Gasteiger charge is 2.12. The van der Waals surface area contributed by atoms with Gasteiger partial charge >= 0.3 is 12.0 Å². The molecule has 7 heteroatoms. The normalized spacial score (nSPS) is 11.6. The quantitative estimate of drug-likeness (QED) is 0.529. The summed E-state index contributed by atoms with van der Waals surface area (Å²) >= 11 is 0. The third-order valence-electron chi connectivity index (χ3n) is 1.71. The summed E-state index contributed by atoms with van der Waals surface area (Å²) in [5.74, 6) is -1.20. The molecule has 1 rings (SSSR count). The molecule has 92 valence electrons. The smallest absolute Gasteiger partial charge is 0.345 e. The number of rotatable bonds is 5. The van der Waals surface area contributed by atoms with E-state index in [-0.39, 0.29) is 0 Å². The molecule has 0 saturated carbocycles. The molecule has 1 unspecified atom stereocenters. The molecule has 0 fully saturated rings. The van der Waals surface area contributed by atoms with Crippen molar-refractivity contribution < 1.29 is 24.6 Å². The first kappa shape index (κ1) is 12.9. The van der Waals surface area contributed by atoms with Crippen LogP contribution in [0, 0.1) is 0 Å². The minimum atomic E-state index is -1.20. The Balaban J connectivity index is 2.25. The van der Waals surface area contributed by atoms with Gasteiger partial charge in [0.15, 0.2) is 6.10 Å². The zero-order valence-corrected chi connectivity index (χ0v) is 9.04. The minimum absolute atomic E-state index is 0.569. The number of carbonyl (C=O) groups is 2. The van der Waals surface area contributed by atoms with E-state index in [4.69, 9.17) is 5.11 Å². The minimum Gasteiger partial charge on any atom is -0.479 e. The molecule has 0 saturated heterocycles. The summed E-state index contributed by atoms with van der Waals surface area (Å²) < 4.78 is 0. The van der Waals surface area contributed by atoms with Crippen LogP contribution in [0.15, 0.2) is 30.3 Å². The number of benzene rings is 1. The van der Waals surface area contributed by atoms with Gasteiger partial charge in [0.25, 0.3) is 0 Å². The molecule has 3 N–H and O–H groups in total. The summed E-state index contributed by atoms with van der Waals surface area (Å²) in [6, 6.07) is 7.99. The molecule has 17 heavy (non-hydrogen) atoms. The van der Waals surface area contributed by atoms with E-state index in [0.29, 0.717) is 5.69 Å². The molecule has 0 bridgehead atoms. The Labute approximate surface area is 97.2 Å². The number of nitrogens with one attached hydrogen (secondary N) is 2. The topological polar surface area (TPSA) is 96.9 Å². The molecule has 0 heterocycles. The fourth-order valence-electron chi connectivity index (χ4n) is 0.853. The number of hydroxylamine groups is 1. The highest BCUT2D eigenvalue weighted by molar-refractivity contribution is 5.88. The largest absolute Gasteiger partial charge is 0.479 e. The Morgan fingerprint density at radius 2 is 1.94 bits per heavy atom. The van der Waals surface area contributed by atoms with Gasteiger partial charge in [0.2, 0.25) is 0 Å². The van der Waals surface area contributed by atoms with E-state index in [9.17, 15) is 9.59 Å². The molecule has 2 amide bonds. The summed E-state index contributed by atoms with van der Waals surface area (Å²) in [7, 11) is 0. The van der Waals surface area contributed by atoms with E-state index >= 15 is 0 Å². The van der Waals surface area contributed by atoms with E-state index in [1.807, 2.05) is 5.48 Å². The first-order valence-corrected chi connectivity index (χ1v) is 4.77. The van der Waals surface area contributed by atoms with E-state index in [0.717, 1.165) is 0 Å². The maximum atomic E-state index is 11.2. The number of urea groups is 1. The van der Waals surface area contributed by atoms with Crippen LogP contribution in [0.4, 0.5) is 10.5 Å². The van der Waals surface area contributed by atoms with Gasteiger partial charge < -0.3 is 10.4 Å².